The van der Waals surface area contributed by atoms with Gasteiger partial charge in [-0.1, -0.05) is 41.6 Å². The van der Waals surface area contributed by atoms with Crippen LogP contribution in [0.1, 0.15) is 45.1 Å². The predicted octanol–water partition coefficient (Wildman–Crippen LogP) is 3.13. The van der Waals surface area contributed by atoms with E-state index in [-0.39, 0.29) is 29.2 Å². The van der Waals surface area contributed by atoms with Crippen LogP contribution < -0.4 is 10.6 Å². The van der Waals surface area contributed by atoms with Gasteiger partial charge in [-0.05, 0) is 38.1 Å². The third-order valence-corrected chi connectivity index (χ3v) is 5.84. The van der Waals surface area contributed by atoms with E-state index in [1.807, 2.05) is 32.0 Å². The molecule has 0 saturated carbocycles. The van der Waals surface area contributed by atoms with Gasteiger partial charge in [0.2, 0.25) is 5.91 Å². The summed E-state index contributed by atoms with van der Waals surface area (Å²) in [5.74, 6) is -0.409. The fourth-order valence-corrected chi connectivity index (χ4v) is 3.87. The van der Waals surface area contributed by atoms with E-state index < -0.39 is 5.97 Å². The summed E-state index contributed by atoms with van der Waals surface area (Å²) in [6.07, 6.45) is 0. The molecule has 1 unspecified atom stereocenters. The molecule has 0 aliphatic heterocycles. The maximum atomic E-state index is 12.5. The normalized spacial score (nSPS) is 11.5. The number of rotatable bonds is 8. The topological polar surface area (TPSA) is 115 Å². The second kappa shape index (κ2) is 10.8. The Morgan fingerprint density at radius 2 is 1.88 bits per heavy atom. The predicted molar refractivity (Wildman–Crippen MR) is 125 cm³/mol. The first-order chi connectivity index (χ1) is 15.8. The number of anilines is 1. The lowest BCUT2D eigenvalue weighted by Gasteiger charge is -2.14. The summed E-state index contributed by atoms with van der Waals surface area (Å²) >= 11 is 1.20. The van der Waals surface area contributed by atoms with Crippen molar-refractivity contribution in [3.8, 4) is 0 Å². The summed E-state index contributed by atoms with van der Waals surface area (Å²) in [7, 11) is 3.06. The first kappa shape index (κ1) is 24.0. The highest BCUT2D eigenvalue weighted by atomic mass is 32.2. The van der Waals surface area contributed by atoms with Gasteiger partial charge < -0.3 is 19.9 Å². The van der Waals surface area contributed by atoms with Gasteiger partial charge >= 0.3 is 5.97 Å². The van der Waals surface area contributed by atoms with E-state index >= 15 is 0 Å². The highest BCUT2D eigenvalue weighted by Gasteiger charge is 2.20. The van der Waals surface area contributed by atoms with Gasteiger partial charge in [-0.25, -0.2) is 4.79 Å². The van der Waals surface area contributed by atoms with Crippen molar-refractivity contribution in [3.63, 3.8) is 0 Å². The van der Waals surface area contributed by atoms with Gasteiger partial charge in [0.15, 0.2) is 11.0 Å². The van der Waals surface area contributed by atoms with E-state index in [1.54, 1.807) is 41.9 Å². The standard InChI is InChI=1S/C23H25N5O4S/c1-14-8-7-9-16(12-14)21(30)24-15(2)20-26-27-23(28(20)3)33-13-19(29)25-18-11-6-5-10-17(18)22(31)32-4/h5-12,15H,13H2,1-4H3,(H,24,30)(H,25,29). The number of aryl methyl sites for hydroxylation is 1. The van der Waals surface area contributed by atoms with Gasteiger partial charge in [0.25, 0.3) is 5.91 Å². The van der Waals surface area contributed by atoms with Gasteiger partial charge in [0, 0.05) is 12.6 Å². The summed E-state index contributed by atoms with van der Waals surface area (Å²) < 4.78 is 6.48. The maximum absolute atomic E-state index is 12.5. The average molecular weight is 468 g/mol. The number of carbonyl (C=O) groups excluding carboxylic acids is 3. The van der Waals surface area contributed by atoms with Crippen LogP contribution in [-0.4, -0.2) is 45.4 Å². The number of esters is 1. The van der Waals surface area contributed by atoms with E-state index in [1.165, 1.54) is 18.9 Å². The Kier molecular flexibility index (Phi) is 7.83. The zero-order valence-corrected chi connectivity index (χ0v) is 19.6. The smallest absolute Gasteiger partial charge is 0.339 e. The fraction of sp³-hybridized carbons (Fsp3) is 0.261. The Morgan fingerprint density at radius 1 is 1.12 bits per heavy atom. The summed E-state index contributed by atoms with van der Waals surface area (Å²) in [4.78, 5) is 36.8. The fourth-order valence-electron chi connectivity index (χ4n) is 3.16. The molecule has 2 amide bonds. The van der Waals surface area contributed by atoms with Crippen LogP contribution in [-0.2, 0) is 16.6 Å². The molecule has 33 heavy (non-hydrogen) atoms. The highest BCUT2D eigenvalue weighted by molar-refractivity contribution is 7.99. The number of ether oxygens (including phenoxy) is 1. The van der Waals surface area contributed by atoms with E-state index in [2.05, 4.69) is 20.8 Å². The van der Waals surface area contributed by atoms with Gasteiger partial charge in [-0.3, -0.25) is 9.59 Å². The molecule has 3 aromatic rings. The van der Waals surface area contributed by atoms with Crippen LogP contribution in [0.5, 0.6) is 0 Å². The number of benzene rings is 2. The molecule has 0 aliphatic rings. The number of amides is 2. The molecule has 10 heteroatoms. The zero-order chi connectivity index (χ0) is 24.0. The summed E-state index contributed by atoms with van der Waals surface area (Å²) in [6.45, 7) is 3.75. The number of thioether (sulfide) groups is 1. The molecule has 0 fully saturated rings. The number of hydrogen-bond donors (Lipinski definition) is 2. The van der Waals surface area contributed by atoms with Crippen LogP contribution in [0.25, 0.3) is 0 Å². The van der Waals surface area contributed by atoms with Crippen molar-refractivity contribution < 1.29 is 19.1 Å². The lowest BCUT2D eigenvalue weighted by molar-refractivity contribution is -0.113. The molecular formula is C23H25N5O4S. The second-order valence-corrected chi connectivity index (χ2v) is 8.28. The van der Waals surface area contributed by atoms with Gasteiger partial charge in [0.05, 0.1) is 30.2 Å². The Labute approximate surface area is 195 Å². The van der Waals surface area contributed by atoms with Crippen LogP contribution in [0.15, 0.2) is 53.7 Å². The molecule has 0 aliphatic carbocycles. The lowest BCUT2D eigenvalue weighted by Crippen LogP contribution is -2.28. The van der Waals surface area contributed by atoms with Crippen LogP contribution in [0, 0.1) is 6.92 Å². The Morgan fingerprint density at radius 3 is 2.61 bits per heavy atom. The number of aromatic nitrogens is 3. The first-order valence-corrected chi connectivity index (χ1v) is 11.2. The molecule has 0 saturated heterocycles. The Bertz CT molecular complexity index is 1180. The van der Waals surface area contributed by atoms with E-state index in [9.17, 15) is 14.4 Å². The molecule has 172 valence electrons. The van der Waals surface area contributed by atoms with Crippen molar-refractivity contribution >= 4 is 35.2 Å². The molecule has 1 atom stereocenters. The zero-order valence-electron chi connectivity index (χ0n) is 18.8. The number of nitrogens with zero attached hydrogens (tertiary/aromatic N) is 3. The van der Waals surface area contributed by atoms with Crippen molar-refractivity contribution in [2.45, 2.75) is 25.0 Å². The van der Waals surface area contributed by atoms with Crippen LogP contribution in [0.3, 0.4) is 0 Å². The van der Waals surface area contributed by atoms with Gasteiger partial charge in [-0.15, -0.1) is 10.2 Å². The largest absolute Gasteiger partial charge is 0.465 e. The second-order valence-electron chi connectivity index (χ2n) is 7.34. The summed E-state index contributed by atoms with van der Waals surface area (Å²) in [6, 6.07) is 13.6. The lowest BCUT2D eigenvalue weighted by atomic mass is 10.1. The molecule has 0 radical (unpaired) electrons. The van der Waals surface area contributed by atoms with Crippen molar-refractivity contribution in [2.75, 3.05) is 18.2 Å². The Balaban J connectivity index is 1.60. The van der Waals surface area contributed by atoms with Crippen molar-refractivity contribution in [3.05, 3.63) is 71.0 Å². The van der Waals surface area contributed by atoms with Crippen LogP contribution in [0.2, 0.25) is 0 Å². The van der Waals surface area contributed by atoms with Crippen LogP contribution in [0.4, 0.5) is 5.69 Å². The van der Waals surface area contributed by atoms with Gasteiger partial charge in [-0.2, -0.15) is 0 Å². The number of hydrogen-bond acceptors (Lipinski definition) is 7. The number of nitrogens with one attached hydrogen (secondary N) is 2. The number of methoxy groups -OCH3 is 1. The molecule has 2 aromatic carbocycles. The van der Waals surface area contributed by atoms with E-state index in [4.69, 9.17) is 4.74 Å². The SMILES string of the molecule is COC(=O)c1ccccc1NC(=O)CSc1nnc(C(C)NC(=O)c2cccc(C)c2)n1C. The first-order valence-electron chi connectivity index (χ1n) is 10.2. The quantitative estimate of drug-likeness (QED) is 0.386. The number of para-hydroxylation sites is 1. The maximum Gasteiger partial charge on any atom is 0.339 e. The van der Waals surface area contributed by atoms with Crippen LogP contribution >= 0.6 is 11.8 Å². The van der Waals surface area contributed by atoms with E-state index in [0.29, 0.717) is 22.2 Å². The highest BCUT2D eigenvalue weighted by Crippen LogP contribution is 2.21. The van der Waals surface area contributed by atoms with Gasteiger partial charge in [0.1, 0.15) is 0 Å². The van der Waals surface area contributed by atoms with E-state index in [0.717, 1.165) is 5.56 Å². The molecule has 1 aromatic heterocycles. The third-order valence-electron chi connectivity index (χ3n) is 4.82. The van der Waals surface area contributed by atoms with Crippen molar-refractivity contribution in [1.82, 2.24) is 20.1 Å². The Hall–Kier alpha value is -3.66. The molecule has 0 bridgehead atoms. The summed E-state index contributed by atoms with van der Waals surface area (Å²) in [5, 5.41) is 14.5. The molecule has 9 nitrogen and oxygen atoms in total. The average Bonchev–Trinajstić information content (AvgIpc) is 3.17. The minimum absolute atomic E-state index is 0.0610. The molecule has 0 spiro atoms. The molecular weight excluding hydrogens is 442 g/mol. The minimum atomic E-state index is -0.529. The number of carbonyl (C=O) groups is 3. The minimum Gasteiger partial charge on any atom is -0.465 e. The summed E-state index contributed by atoms with van der Waals surface area (Å²) in [5.41, 5.74) is 2.22. The molecule has 3 rings (SSSR count). The monoisotopic (exact) mass is 467 g/mol. The van der Waals surface area contributed by atoms with Crippen molar-refractivity contribution in [2.24, 2.45) is 7.05 Å². The van der Waals surface area contributed by atoms with Crippen molar-refractivity contribution in [1.29, 1.82) is 0 Å². The third kappa shape index (κ3) is 5.98. The molecule has 2 N–H and O–H groups in total. The molecule has 1 heterocycles.